The molecule has 0 fully saturated rings. The highest BCUT2D eigenvalue weighted by atomic mass is 19.1. The molecule has 0 aliphatic carbocycles. The highest BCUT2D eigenvalue weighted by Crippen LogP contribution is 2.12. The maximum absolute atomic E-state index is 13.4. The summed E-state index contributed by atoms with van der Waals surface area (Å²) >= 11 is 0. The van der Waals surface area contributed by atoms with Crippen molar-refractivity contribution in [2.24, 2.45) is 0 Å². The summed E-state index contributed by atoms with van der Waals surface area (Å²) in [6.07, 6.45) is 0. The molecule has 0 spiro atoms. The van der Waals surface area contributed by atoms with Crippen molar-refractivity contribution in [1.82, 2.24) is 5.32 Å². The van der Waals surface area contributed by atoms with Crippen LogP contribution in [0.25, 0.3) is 0 Å². The third-order valence-corrected chi connectivity index (χ3v) is 2.74. The molecule has 18 heavy (non-hydrogen) atoms. The average molecular weight is 245 g/mol. The van der Waals surface area contributed by atoms with Crippen LogP contribution in [0, 0.1) is 5.82 Å². The zero-order chi connectivity index (χ0) is 12.8. The van der Waals surface area contributed by atoms with E-state index in [-0.39, 0.29) is 5.82 Å². The van der Waals surface area contributed by atoms with Crippen molar-refractivity contribution in [3.8, 4) is 5.75 Å². The van der Waals surface area contributed by atoms with E-state index in [1.54, 1.807) is 19.2 Å². The zero-order valence-corrected chi connectivity index (χ0v) is 10.3. The van der Waals surface area contributed by atoms with Crippen molar-refractivity contribution in [3.63, 3.8) is 0 Å². The molecule has 0 aliphatic heterocycles. The van der Waals surface area contributed by atoms with Gasteiger partial charge < -0.3 is 10.1 Å². The molecule has 1 N–H and O–H groups in total. The van der Waals surface area contributed by atoms with Gasteiger partial charge in [-0.25, -0.2) is 4.39 Å². The predicted molar refractivity (Wildman–Crippen MR) is 69.9 cm³/mol. The molecule has 0 saturated carbocycles. The van der Waals surface area contributed by atoms with Crippen molar-refractivity contribution in [3.05, 3.63) is 65.5 Å². The van der Waals surface area contributed by atoms with Gasteiger partial charge in [-0.1, -0.05) is 30.3 Å². The maximum atomic E-state index is 13.4. The Kier molecular flexibility index (Phi) is 4.31. The van der Waals surface area contributed by atoms with Gasteiger partial charge in [0.25, 0.3) is 0 Å². The van der Waals surface area contributed by atoms with E-state index in [0.29, 0.717) is 18.7 Å². The molecule has 0 radical (unpaired) electrons. The van der Waals surface area contributed by atoms with Gasteiger partial charge in [-0.2, -0.15) is 0 Å². The highest BCUT2D eigenvalue weighted by molar-refractivity contribution is 5.28. The standard InChI is InChI=1S/C15H16FNO/c1-18-14-7-4-5-12(9-14)10-17-11-13-6-2-3-8-15(13)16/h2-9,17H,10-11H2,1H3. The topological polar surface area (TPSA) is 21.3 Å². The molecule has 0 aliphatic rings. The highest BCUT2D eigenvalue weighted by Gasteiger charge is 2.00. The van der Waals surface area contributed by atoms with Crippen molar-refractivity contribution in [1.29, 1.82) is 0 Å². The Bertz CT molecular complexity index is 513. The summed E-state index contributed by atoms with van der Waals surface area (Å²) in [5.74, 6) is 0.663. The zero-order valence-electron chi connectivity index (χ0n) is 10.3. The average Bonchev–Trinajstić information content (AvgIpc) is 2.41. The lowest BCUT2D eigenvalue weighted by atomic mass is 10.2. The molecule has 0 saturated heterocycles. The molecule has 0 bridgehead atoms. The molecule has 0 aromatic heterocycles. The fraction of sp³-hybridized carbons (Fsp3) is 0.200. The van der Waals surface area contributed by atoms with Crippen LogP contribution >= 0.6 is 0 Å². The van der Waals surface area contributed by atoms with Crippen molar-refractivity contribution < 1.29 is 9.13 Å². The quantitative estimate of drug-likeness (QED) is 0.873. The number of halogens is 1. The van der Waals surface area contributed by atoms with Gasteiger partial charge in [-0.15, -0.1) is 0 Å². The van der Waals surface area contributed by atoms with E-state index < -0.39 is 0 Å². The number of hydrogen-bond donors (Lipinski definition) is 1. The smallest absolute Gasteiger partial charge is 0.127 e. The molecule has 2 nitrogen and oxygen atoms in total. The lowest BCUT2D eigenvalue weighted by Crippen LogP contribution is -2.13. The minimum Gasteiger partial charge on any atom is -0.497 e. The first-order valence-electron chi connectivity index (χ1n) is 5.86. The van der Waals surface area contributed by atoms with E-state index in [0.717, 1.165) is 11.3 Å². The van der Waals surface area contributed by atoms with Crippen LogP contribution in [0.2, 0.25) is 0 Å². The Morgan fingerprint density at radius 3 is 2.67 bits per heavy atom. The molecular weight excluding hydrogens is 229 g/mol. The Morgan fingerprint density at radius 2 is 1.89 bits per heavy atom. The van der Waals surface area contributed by atoms with Crippen LogP contribution in [0.1, 0.15) is 11.1 Å². The molecule has 94 valence electrons. The summed E-state index contributed by atoms with van der Waals surface area (Å²) in [7, 11) is 1.64. The van der Waals surface area contributed by atoms with E-state index in [9.17, 15) is 4.39 Å². The first-order chi connectivity index (χ1) is 8.79. The summed E-state index contributed by atoms with van der Waals surface area (Å²) in [6.45, 7) is 1.20. The van der Waals surface area contributed by atoms with Crippen molar-refractivity contribution in [2.75, 3.05) is 7.11 Å². The Balaban J connectivity index is 1.90. The van der Waals surface area contributed by atoms with Crippen LogP contribution in [0.5, 0.6) is 5.75 Å². The van der Waals surface area contributed by atoms with Gasteiger partial charge in [-0.05, 0) is 23.8 Å². The van der Waals surface area contributed by atoms with Crippen LogP contribution in [-0.4, -0.2) is 7.11 Å². The van der Waals surface area contributed by atoms with Crippen LogP contribution in [0.3, 0.4) is 0 Å². The lowest BCUT2D eigenvalue weighted by Gasteiger charge is -2.07. The lowest BCUT2D eigenvalue weighted by molar-refractivity contribution is 0.414. The van der Waals surface area contributed by atoms with E-state index in [4.69, 9.17) is 4.74 Å². The summed E-state index contributed by atoms with van der Waals surface area (Å²) in [6, 6.07) is 14.6. The molecule has 2 aromatic carbocycles. The number of rotatable bonds is 5. The number of hydrogen-bond acceptors (Lipinski definition) is 2. The first-order valence-corrected chi connectivity index (χ1v) is 5.86. The second-order valence-corrected chi connectivity index (χ2v) is 4.05. The molecule has 2 rings (SSSR count). The summed E-state index contributed by atoms with van der Waals surface area (Å²) in [5.41, 5.74) is 1.80. The second kappa shape index (κ2) is 6.17. The fourth-order valence-corrected chi connectivity index (χ4v) is 1.77. The molecule has 0 heterocycles. The minimum atomic E-state index is -0.171. The van der Waals surface area contributed by atoms with Gasteiger partial charge in [0.2, 0.25) is 0 Å². The van der Waals surface area contributed by atoms with Crippen LogP contribution in [0.15, 0.2) is 48.5 Å². The summed E-state index contributed by atoms with van der Waals surface area (Å²) in [4.78, 5) is 0. The summed E-state index contributed by atoms with van der Waals surface area (Å²) in [5, 5.41) is 3.21. The van der Waals surface area contributed by atoms with Crippen LogP contribution in [-0.2, 0) is 13.1 Å². The minimum absolute atomic E-state index is 0.171. The van der Waals surface area contributed by atoms with Crippen LogP contribution < -0.4 is 10.1 Å². The molecule has 0 atom stereocenters. The Hall–Kier alpha value is -1.87. The molecule has 0 amide bonds. The van der Waals surface area contributed by atoms with Gasteiger partial charge in [0.05, 0.1) is 7.11 Å². The van der Waals surface area contributed by atoms with Gasteiger partial charge in [-0.3, -0.25) is 0 Å². The molecule has 3 heteroatoms. The second-order valence-electron chi connectivity index (χ2n) is 4.05. The Labute approximate surface area is 106 Å². The summed E-state index contributed by atoms with van der Waals surface area (Å²) < 4.78 is 18.5. The van der Waals surface area contributed by atoms with Gasteiger partial charge in [0, 0.05) is 18.7 Å². The number of ether oxygens (including phenoxy) is 1. The first kappa shape index (κ1) is 12.6. The maximum Gasteiger partial charge on any atom is 0.127 e. The molecule has 0 unspecified atom stereocenters. The largest absolute Gasteiger partial charge is 0.497 e. The fourth-order valence-electron chi connectivity index (χ4n) is 1.77. The van der Waals surface area contributed by atoms with Crippen molar-refractivity contribution in [2.45, 2.75) is 13.1 Å². The molecular formula is C15H16FNO. The number of methoxy groups -OCH3 is 1. The van der Waals surface area contributed by atoms with Gasteiger partial charge in [0.1, 0.15) is 11.6 Å². The number of benzene rings is 2. The molecule has 2 aromatic rings. The predicted octanol–water partition coefficient (Wildman–Crippen LogP) is 3.12. The SMILES string of the molecule is COc1cccc(CNCc2ccccc2F)c1. The number of nitrogens with one attached hydrogen (secondary N) is 1. The van der Waals surface area contributed by atoms with E-state index >= 15 is 0 Å². The van der Waals surface area contributed by atoms with Crippen LogP contribution in [0.4, 0.5) is 4.39 Å². The normalized spacial score (nSPS) is 10.3. The van der Waals surface area contributed by atoms with E-state index in [1.807, 2.05) is 30.3 Å². The van der Waals surface area contributed by atoms with Gasteiger partial charge >= 0.3 is 0 Å². The van der Waals surface area contributed by atoms with E-state index in [1.165, 1.54) is 6.07 Å². The van der Waals surface area contributed by atoms with E-state index in [2.05, 4.69) is 5.32 Å². The van der Waals surface area contributed by atoms with Gasteiger partial charge in [0.15, 0.2) is 0 Å². The Morgan fingerprint density at radius 1 is 1.06 bits per heavy atom. The van der Waals surface area contributed by atoms with Crippen molar-refractivity contribution >= 4 is 0 Å². The third kappa shape index (κ3) is 3.31. The monoisotopic (exact) mass is 245 g/mol. The third-order valence-electron chi connectivity index (χ3n) is 2.74.